The summed E-state index contributed by atoms with van der Waals surface area (Å²) < 4.78 is 14.5. The number of ether oxygens (including phenoxy) is 2. The molecular weight excluding hydrogens is 546 g/mol. The fraction of sp³-hybridized carbons (Fsp3) is 0.641. The second-order valence-corrected chi connectivity index (χ2v) is 14.3. The van der Waals surface area contributed by atoms with Gasteiger partial charge in [-0.1, -0.05) is 50.1 Å². The highest BCUT2D eigenvalue weighted by atomic mass is 16.5. The zero-order valence-corrected chi connectivity index (χ0v) is 27.8. The van der Waals surface area contributed by atoms with Gasteiger partial charge in [0, 0.05) is 0 Å². The van der Waals surface area contributed by atoms with E-state index in [1.165, 1.54) is 55.5 Å². The Balaban J connectivity index is 1.36. The highest BCUT2D eigenvalue weighted by Gasteiger charge is 2.42. The fourth-order valence-electron chi connectivity index (χ4n) is 8.64. The summed E-state index contributed by atoms with van der Waals surface area (Å²) in [6, 6.07) is 16.4. The predicted octanol–water partition coefficient (Wildman–Crippen LogP) is 8.18. The lowest BCUT2D eigenvalue weighted by molar-refractivity contribution is -0.914. The minimum Gasteiger partial charge on any atom is -0.508 e. The van der Waals surface area contributed by atoms with Gasteiger partial charge < -0.3 is 24.2 Å². The molecule has 2 aliphatic heterocycles. The Hall–Kier alpha value is -2.34. The zero-order chi connectivity index (χ0) is 31.1. The van der Waals surface area contributed by atoms with Gasteiger partial charge in [-0.15, -0.1) is 0 Å². The first-order chi connectivity index (χ1) is 21.3. The van der Waals surface area contributed by atoms with Crippen LogP contribution in [0.1, 0.15) is 96.1 Å². The molecule has 2 aromatic rings. The van der Waals surface area contributed by atoms with Crippen LogP contribution in [-0.4, -0.2) is 66.3 Å². The van der Waals surface area contributed by atoms with Crippen LogP contribution in [-0.2, 0) is 11.2 Å². The maximum absolute atomic E-state index is 11.0. The minimum absolute atomic E-state index is 0.0442. The van der Waals surface area contributed by atoms with E-state index >= 15 is 0 Å². The van der Waals surface area contributed by atoms with Crippen molar-refractivity contribution < 1.29 is 24.2 Å². The van der Waals surface area contributed by atoms with Crippen molar-refractivity contribution in [2.45, 2.75) is 110 Å². The third kappa shape index (κ3) is 8.08. The van der Waals surface area contributed by atoms with Gasteiger partial charge in [0.1, 0.15) is 24.7 Å². The minimum atomic E-state index is -0.256. The number of allylic oxidation sites excluding steroid dienone is 1. The normalized spacial score (nSPS) is 29.0. The van der Waals surface area contributed by atoms with E-state index in [1.54, 1.807) is 12.1 Å². The Morgan fingerprint density at radius 1 is 0.932 bits per heavy atom. The molecular formula is C39H58NO4+. The molecule has 5 nitrogen and oxygen atoms in total. The Kier molecular flexibility index (Phi) is 11.5. The first kappa shape index (κ1) is 33.0. The van der Waals surface area contributed by atoms with Gasteiger partial charge in [0.2, 0.25) is 0 Å². The molecule has 2 bridgehead atoms. The molecule has 2 aromatic carbocycles. The lowest BCUT2D eigenvalue weighted by Crippen LogP contribution is -2.50. The van der Waals surface area contributed by atoms with Crippen molar-refractivity contribution in [2.75, 3.05) is 33.3 Å². The van der Waals surface area contributed by atoms with E-state index in [-0.39, 0.29) is 24.1 Å². The van der Waals surface area contributed by atoms with Crippen molar-refractivity contribution in [1.82, 2.24) is 0 Å². The Morgan fingerprint density at radius 2 is 1.66 bits per heavy atom. The standard InChI is InChI=1S/C39H57NO4/c1-5-10-35-34-21-18-32(42)27-36(35)37(6-2)44-38(39(28(34)3)30-14-16-31(41)17-15-30)22-13-29-11-19-33(20-12-29)43-26-25-40(4)23-8-7-9-24-40/h11-12,14-17,19-20,32,34-38,42H,5-10,13,18,21-27H2,1-4H3/p+1. The lowest BCUT2D eigenvalue weighted by atomic mass is 9.69. The highest BCUT2D eigenvalue weighted by molar-refractivity contribution is 5.72. The van der Waals surface area contributed by atoms with Gasteiger partial charge in [-0.05, 0) is 130 Å². The number of hydrogen-bond acceptors (Lipinski definition) is 4. The average Bonchev–Trinajstić information content (AvgIpc) is 3.19. The van der Waals surface area contributed by atoms with Crippen molar-refractivity contribution >= 4 is 5.57 Å². The number of rotatable bonds is 11. The van der Waals surface area contributed by atoms with E-state index < -0.39 is 0 Å². The highest BCUT2D eigenvalue weighted by Crippen LogP contribution is 2.48. The Bertz CT molecular complexity index is 1200. The molecule has 5 rings (SSSR count). The maximum atomic E-state index is 11.0. The van der Waals surface area contributed by atoms with Crippen molar-refractivity contribution in [3.8, 4) is 11.5 Å². The first-order valence-corrected chi connectivity index (χ1v) is 17.7. The summed E-state index contributed by atoms with van der Waals surface area (Å²) >= 11 is 0. The van der Waals surface area contributed by atoms with Crippen LogP contribution in [0.3, 0.4) is 0 Å². The van der Waals surface area contributed by atoms with Crippen LogP contribution in [0, 0.1) is 17.8 Å². The SMILES string of the molecule is CCCC1C2CCC(O)CC1C(CC)OC(CCc1ccc(OCC[N+]3(C)CCCCC3)cc1)C(c1ccc(O)cc1)=C2C. The second-order valence-electron chi connectivity index (χ2n) is 14.3. The lowest BCUT2D eigenvalue weighted by Gasteiger charge is -2.43. The van der Waals surface area contributed by atoms with E-state index in [0.29, 0.717) is 17.8 Å². The number of piperidine rings is 1. The molecule has 1 aliphatic carbocycles. The van der Waals surface area contributed by atoms with Gasteiger partial charge in [0.05, 0.1) is 38.4 Å². The van der Waals surface area contributed by atoms with E-state index in [9.17, 15) is 10.2 Å². The summed E-state index contributed by atoms with van der Waals surface area (Å²) in [6.07, 6.45) is 11.7. The van der Waals surface area contributed by atoms with Crippen molar-refractivity contribution in [1.29, 1.82) is 0 Å². The second kappa shape index (κ2) is 15.3. The number of fused-ring (bicyclic) bond motifs is 2. The van der Waals surface area contributed by atoms with Crippen LogP contribution < -0.4 is 4.74 Å². The number of likely N-dealkylation sites (tertiary alicyclic amines) is 1. The van der Waals surface area contributed by atoms with Crippen LogP contribution in [0.15, 0.2) is 54.1 Å². The van der Waals surface area contributed by atoms with E-state index in [1.807, 2.05) is 0 Å². The molecule has 1 saturated heterocycles. The average molecular weight is 605 g/mol. The Labute approximate surface area is 266 Å². The van der Waals surface area contributed by atoms with Crippen LogP contribution in [0.2, 0.25) is 0 Å². The topological polar surface area (TPSA) is 58.9 Å². The van der Waals surface area contributed by atoms with E-state index in [2.05, 4.69) is 64.2 Å². The predicted molar refractivity (Wildman–Crippen MR) is 180 cm³/mol. The van der Waals surface area contributed by atoms with Gasteiger partial charge in [-0.25, -0.2) is 0 Å². The van der Waals surface area contributed by atoms with E-state index in [0.717, 1.165) is 73.9 Å². The maximum Gasteiger partial charge on any atom is 0.137 e. The smallest absolute Gasteiger partial charge is 0.137 e. The number of benzene rings is 2. The van der Waals surface area contributed by atoms with Gasteiger partial charge in [0.25, 0.3) is 0 Å². The molecule has 6 unspecified atom stereocenters. The number of aliphatic hydroxyl groups is 1. The van der Waals surface area contributed by atoms with Crippen LogP contribution in [0.25, 0.3) is 5.57 Å². The molecule has 2 heterocycles. The van der Waals surface area contributed by atoms with Gasteiger partial charge in [0.15, 0.2) is 0 Å². The third-order valence-corrected chi connectivity index (χ3v) is 11.2. The van der Waals surface area contributed by atoms with Crippen molar-refractivity contribution in [2.24, 2.45) is 17.8 Å². The first-order valence-electron chi connectivity index (χ1n) is 17.7. The molecule has 0 radical (unpaired) electrons. The molecule has 6 atom stereocenters. The zero-order valence-electron chi connectivity index (χ0n) is 27.8. The summed E-state index contributed by atoms with van der Waals surface area (Å²) in [7, 11) is 2.37. The molecule has 44 heavy (non-hydrogen) atoms. The third-order valence-electron chi connectivity index (χ3n) is 11.2. The number of quaternary nitrogens is 1. The molecule has 0 amide bonds. The van der Waals surface area contributed by atoms with E-state index in [4.69, 9.17) is 9.47 Å². The quantitative estimate of drug-likeness (QED) is 0.254. The summed E-state index contributed by atoms with van der Waals surface area (Å²) in [4.78, 5) is 0. The number of nitrogens with zero attached hydrogens (tertiary/aromatic N) is 1. The van der Waals surface area contributed by atoms with Crippen molar-refractivity contribution in [3.63, 3.8) is 0 Å². The van der Waals surface area contributed by atoms with Crippen molar-refractivity contribution in [3.05, 3.63) is 65.2 Å². The number of aromatic hydroxyl groups is 1. The van der Waals surface area contributed by atoms with Crippen LogP contribution in [0.4, 0.5) is 0 Å². The molecule has 1 saturated carbocycles. The van der Waals surface area contributed by atoms with Gasteiger partial charge in [-0.2, -0.15) is 0 Å². The number of phenolic OH excluding ortho intramolecular Hbond substituents is 1. The summed E-state index contributed by atoms with van der Waals surface area (Å²) in [6.45, 7) is 11.2. The fourth-order valence-corrected chi connectivity index (χ4v) is 8.64. The van der Waals surface area contributed by atoms with Crippen LogP contribution >= 0.6 is 0 Å². The number of phenols is 1. The molecule has 0 aromatic heterocycles. The monoisotopic (exact) mass is 604 g/mol. The molecule has 3 aliphatic rings. The van der Waals surface area contributed by atoms with Gasteiger partial charge in [-0.3, -0.25) is 0 Å². The number of likely N-dealkylation sites (N-methyl/N-ethyl adjacent to an activating group) is 1. The molecule has 5 heteroatoms. The molecule has 0 spiro atoms. The number of hydrogen-bond donors (Lipinski definition) is 2. The number of aliphatic hydroxyl groups excluding tert-OH is 1. The summed E-state index contributed by atoms with van der Waals surface area (Å²) in [5, 5.41) is 21.1. The molecule has 2 N–H and O–H groups in total. The number of aryl methyl sites for hydroxylation is 1. The Morgan fingerprint density at radius 3 is 2.34 bits per heavy atom. The van der Waals surface area contributed by atoms with Gasteiger partial charge >= 0.3 is 0 Å². The summed E-state index contributed by atoms with van der Waals surface area (Å²) in [5.41, 5.74) is 5.15. The molecule has 2 fully saturated rings. The summed E-state index contributed by atoms with van der Waals surface area (Å²) in [5.74, 6) is 2.56. The molecule has 242 valence electrons. The van der Waals surface area contributed by atoms with Crippen LogP contribution in [0.5, 0.6) is 11.5 Å². The largest absolute Gasteiger partial charge is 0.508 e.